The van der Waals surface area contributed by atoms with Crippen LogP contribution in [0.5, 0.6) is 0 Å². The molecule has 4 nitrogen and oxygen atoms in total. The molecular formula is C19H23O4P. The fourth-order valence-electron chi connectivity index (χ4n) is 1.87. The molecule has 0 saturated carbocycles. The number of benzene rings is 2. The van der Waals surface area contributed by atoms with Gasteiger partial charge in [-0.05, 0) is 37.7 Å². The smallest absolute Gasteiger partial charge is 0.338 e. The van der Waals surface area contributed by atoms with Crippen molar-refractivity contribution >= 4 is 21.2 Å². The molecule has 0 saturated heterocycles. The van der Waals surface area contributed by atoms with E-state index in [-0.39, 0.29) is 24.3 Å². The molecule has 0 heterocycles. The molecular weight excluding hydrogens is 323 g/mol. The molecule has 0 aliphatic heterocycles. The number of esters is 2. The van der Waals surface area contributed by atoms with Gasteiger partial charge in [0.25, 0.3) is 0 Å². The van der Waals surface area contributed by atoms with Gasteiger partial charge in [-0.15, -0.1) is 9.24 Å². The van der Waals surface area contributed by atoms with E-state index in [0.717, 1.165) is 6.16 Å². The van der Waals surface area contributed by atoms with Crippen LogP contribution in [0.4, 0.5) is 0 Å². The highest BCUT2D eigenvalue weighted by atomic mass is 31.0. The third-order valence-corrected chi connectivity index (χ3v) is 3.47. The third kappa shape index (κ3) is 6.51. The van der Waals surface area contributed by atoms with Gasteiger partial charge in [0.1, 0.15) is 0 Å². The maximum absolute atomic E-state index is 11.5. The minimum atomic E-state index is -0.508. The zero-order valence-corrected chi connectivity index (χ0v) is 15.2. The van der Waals surface area contributed by atoms with Crippen molar-refractivity contribution in [1.82, 2.24) is 0 Å². The Bertz CT molecular complexity index is 604. The SMILES string of the molecule is CCOC(=O)c1ccccc1C(=O)OCC.PCc1ccccc1. The first-order chi connectivity index (χ1) is 11.6. The van der Waals surface area contributed by atoms with E-state index in [9.17, 15) is 9.59 Å². The highest BCUT2D eigenvalue weighted by Gasteiger charge is 2.17. The van der Waals surface area contributed by atoms with Crippen LogP contribution >= 0.6 is 9.24 Å². The van der Waals surface area contributed by atoms with Gasteiger partial charge in [0.2, 0.25) is 0 Å². The molecule has 24 heavy (non-hydrogen) atoms. The maximum Gasteiger partial charge on any atom is 0.338 e. The van der Waals surface area contributed by atoms with Gasteiger partial charge in [0, 0.05) is 0 Å². The summed E-state index contributed by atoms with van der Waals surface area (Å²) in [5, 5.41) is 0. The Kier molecular flexibility index (Phi) is 9.40. The number of hydrogen-bond acceptors (Lipinski definition) is 4. The van der Waals surface area contributed by atoms with E-state index < -0.39 is 11.9 Å². The van der Waals surface area contributed by atoms with Gasteiger partial charge in [-0.1, -0.05) is 42.5 Å². The summed E-state index contributed by atoms with van der Waals surface area (Å²) < 4.78 is 9.70. The average Bonchev–Trinajstić information content (AvgIpc) is 2.63. The lowest BCUT2D eigenvalue weighted by Crippen LogP contribution is -2.13. The molecule has 1 atom stereocenters. The summed E-state index contributed by atoms with van der Waals surface area (Å²) >= 11 is 0. The lowest BCUT2D eigenvalue weighted by atomic mass is 10.1. The molecule has 0 aromatic heterocycles. The second-order valence-corrected chi connectivity index (χ2v) is 5.08. The minimum absolute atomic E-state index is 0.239. The van der Waals surface area contributed by atoms with Gasteiger partial charge in [0.15, 0.2) is 0 Å². The van der Waals surface area contributed by atoms with Crippen LogP contribution in [0.3, 0.4) is 0 Å². The molecule has 2 rings (SSSR count). The maximum atomic E-state index is 11.5. The Morgan fingerprint density at radius 3 is 1.54 bits per heavy atom. The first kappa shape index (κ1) is 19.9. The van der Waals surface area contributed by atoms with Gasteiger partial charge in [-0.25, -0.2) is 9.59 Å². The minimum Gasteiger partial charge on any atom is -0.462 e. The molecule has 128 valence electrons. The van der Waals surface area contributed by atoms with Gasteiger partial charge >= 0.3 is 11.9 Å². The molecule has 0 aliphatic carbocycles. The van der Waals surface area contributed by atoms with E-state index in [1.54, 1.807) is 38.1 Å². The molecule has 0 N–H and O–H groups in total. The van der Waals surface area contributed by atoms with Gasteiger partial charge in [0.05, 0.1) is 24.3 Å². The van der Waals surface area contributed by atoms with Crippen molar-refractivity contribution in [3.05, 3.63) is 71.3 Å². The van der Waals surface area contributed by atoms with E-state index in [1.807, 2.05) is 6.07 Å². The molecule has 0 aliphatic rings. The summed E-state index contributed by atoms with van der Waals surface area (Å²) in [4.78, 5) is 23.1. The zero-order valence-electron chi connectivity index (χ0n) is 14.0. The molecule has 0 radical (unpaired) electrons. The van der Waals surface area contributed by atoms with Crippen molar-refractivity contribution in [2.45, 2.75) is 20.0 Å². The lowest BCUT2D eigenvalue weighted by Gasteiger charge is -2.07. The number of rotatable bonds is 5. The predicted octanol–water partition coefficient (Wildman–Crippen LogP) is 4.10. The van der Waals surface area contributed by atoms with Crippen molar-refractivity contribution in [1.29, 1.82) is 0 Å². The molecule has 2 aromatic carbocycles. The normalized spacial score (nSPS) is 9.46. The fraction of sp³-hybridized carbons (Fsp3) is 0.263. The number of carbonyl (C=O) groups is 2. The third-order valence-electron chi connectivity index (χ3n) is 3.00. The lowest BCUT2D eigenvalue weighted by molar-refractivity contribution is 0.0479. The molecule has 0 amide bonds. The fourth-order valence-corrected chi connectivity index (χ4v) is 2.14. The average molecular weight is 346 g/mol. The number of ether oxygens (including phenoxy) is 2. The zero-order chi connectivity index (χ0) is 17.8. The van der Waals surface area contributed by atoms with E-state index in [2.05, 4.69) is 33.5 Å². The molecule has 1 unspecified atom stereocenters. The summed E-state index contributed by atoms with van der Waals surface area (Å²) in [5.74, 6) is -1.02. The predicted molar refractivity (Wildman–Crippen MR) is 98.2 cm³/mol. The van der Waals surface area contributed by atoms with Crippen LogP contribution in [0.1, 0.15) is 40.1 Å². The van der Waals surface area contributed by atoms with Gasteiger partial charge in [-0.2, -0.15) is 0 Å². The van der Waals surface area contributed by atoms with Gasteiger partial charge < -0.3 is 9.47 Å². The first-order valence-corrected chi connectivity index (χ1v) is 8.62. The summed E-state index contributed by atoms with van der Waals surface area (Å²) in [6, 6.07) is 16.8. The summed E-state index contributed by atoms with van der Waals surface area (Å²) in [7, 11) is 2.69. The molecule has 0 bridgehead atoms. The Morgan fingerprint density at radius 1 is 0.792 bits per heavy atom. The highest BCUT2D eigenvalue weighted by Crippen LogP contribution is 2.11. The number of carbonyl (C=O) groups excluding carboxylic acids is 2. The van der Waals surface area contributed by atoms with Crippen LogP contribution in [-0.2, 0) is 15.6 Å². The van der Waals surface area contributed by atoms with Crippen LogP contribution in [0, 0.1) is 0 Å². The molecule has 2 aromatic rings. The van der Waals surface area contributed by atoms with Gasteiger partial charge in [-0.3, -0.25) is 0 Å². The molecule has 0 fully saturated rings. The van der Waals surface area contributed by atoms with Crippen LogP contribution < -0.4 is 0 Å². The first-order valence-electron chi connectivity index (χ1n) is 7.81. The molecule has 0 spiro atoms. The van der Waals surface area contributed by atoms with E-state index in [0.29, 0.717) is 0 Å². The van der Waals surface area contributed by atoms with E-state index >= 15 is 0 Å². The topological polar surface area (TPSA) is 52.6 Å². The van der Waals surface area contributed by atoms with Crippen molar-refractivity contribution in [2.24, 2.45) is 0 Å². The van der Waals surface area contributed by atoms with Crippen molar-refractivity contribution in [3.8, 4) is 0 Å². The largest absolute Gasteiger partial charge is 0.462 e. The Hall–Kier alpha value is -2.19. The monoisotopic (exact) mass is 346 g/mol. The Labute approximate surface area is 145 Å². The van der Waals surface area contributed by atoms with Crippen LogP contribution in [0.2, 0.25) is 0 Å². The number of hydrogen-bond donors (Lipinski definition) is 0. The second kappa shape index (κ2) is 11.4. The van der Waals surface area contributed by atoms with Crippen LogP contribution in [-0.4, -0.2) is 25.2 Å². The van der Waals surface area contributed by atoms with Crippen molar-refractivity contribution in [2.75, 3.05) is 13.2 Å². The Morgan fingerprint density at radius 2 is 1.21 bits per heavy atom. The molecule has 5 heteroatoms. The van der Waals surface area contributed by atoms with E-state index in [4.69, 9.17) is 9.47 Å². The summed E-state index contributed by atoms with van der Waals surface area (Å²) in [6.07, 6.45) is 1.06. The summed E-state index contributed by atoms with van der Waals surface area (Å²) in [6.45, 7) is 3.97. The van der Waals surface area contributed by atoms with Crippen molar-refractivity contribution in [3.63, 3.8) is 0 Å². The summed E-state index contributed by atoms with van der Waals surface area (Å²) in [5.41, 5.74) is 1.85. The van der Waals surface area contributed by atoms with Crippen LogP contribution in [0.25, 0.3) is 0 Å². The standard InChI is InChI=1S/C12H14O4.C7H9P/c1-3-15-11(13)9-7-5-6-8-10(9)12(14)16-4-2;8-6-7-4-2-1-3-5-7/h5-8H,3-4H2,1-2H3;1-5H,6,8H2. The highest BCUT2D eigenvalue weighted by molar-refractivity contribution is 7.15. The quantitative estimate of drug-likeness (QED) is 0.604. The van der Waals surface area contributed by atoms with E-state index in [1.165, 1.54) is 5.56 Å². The van der Waals surface area contributed by atoms with Crippen molar-refractivity contribution < 1.29 is 19.1 Å². The van der Waals surface area contributed by atoms with Crippen LogP contribution in [0.15, 0.2) is 54.6 Å². The second-order valence-electron chi connectivity index (χ2n) is 4.68. The Balaban J connectivity index is 0.000000300.